The van der Waals surface area contributed by atoms with Gasteiger partial charge in [-0.1, -0.05) is 19.1 Å². The number of nitrogens with zero attached hydrogens (tertiary/aromatic N) is 1. The Morgan fingerprint density at radius 3 is 2.65 bits per heavy atom. The lowest BCUT2D eigenvalue weighted by molar-refractivity contribution is -0.122. The van der Waals surface area contributed by atoms with E-state index in [1.165, 1.54) is 6.07 Å². The number of hydrogen-bond acceptors (Lipinski definition) is 4. The minimum atomic E-state index is -0.352. The maximum atomic E-state index is 11.9. The number of carbonyl (C=O) groups is 1. The first-order chi connectivity index (χ1) is 11.0. The molecule has 0 unspecified atom stereocenters. The van der Waals surface area contributed by atoms with Gasteiger partial charge in [-0.3, -0.25) is 9.69 Å². The first kappa shape index (κ1) is 17.2. The zero-order valence-corrected chi connectivity index (χ0v) is 14.2. The number of likely N-dealkylation sites (N-methyl/N-ethyl adjacent to an activating group) is 2. The number of carbonyl (C=O) groups excluding carboxylic acids is 1. The molecule has 0 atom stereocenters. The summed E-state index contributed by atoms with van der Waals surface area (Å²) < 4.78 is 5.40. The fourth-order valence-electron chi connectivity index (χ4n) is 2.63. The molecular weight excluding hydrogens is 292 g/mol. The zero-order valence-electron chi connectivity index (χ0n) is 14.2. The fourth-order valence-corrected chi connectivity index (χ4v) is 2.63. The quantitative estimate of drug-likeness (QED) is 0.831. The first-order valence-electron chi connectivity index (χ1n) is 7.98. The third-order valence-corrected chi connectivity index (χ3v) is 4.10. The van der Waals surface area contributed by atoms with Gasteiger partial charge in [0.05, 0.1) is 6.54 Å². The molecule has 0 radical (unpaired) electrons. The highest BCUT2D eigenvalue weighted by molar-refractivity contribution is 5.84. The van der Waals surface area contributed by atoms with Crippen molar-refractivity contribution in [2.45, 2.75) is 34.2 Å². The van der Waals surface area contributed by atoms with Crippen molar-refractivity contribution < 1.29 is 9.21 Å². The van der Waals surface area contributed by atoms with Gasteiger partial charge in [-0.15, -0.1) is 0 Å². The van der Waals surface area contributed by atoms with Crippen LogP contribution in [-0.2, 0) is 11.3 Å². The number of amides is 1. The molecule has 0 aliphatic carbocycles. The summed E-state index contributed by atoms with van der Waals surface area (Å²) in [5.41, 5.74) is 3.25. The molecule has 5 nitrogen and oxygen atoms in total. The van der Waals surface area contributed by atoms with Crippen LogP contribution >= 0.6 is 0 Å². The summed E-state index contributed by atoms with van der Waals surface area (Å²) in [6.07, 6.45) is 0. The van der Waals surface area contributed by atoms with E-state index in [2.05, 4.69) is 5.32 Å². The number of fused-ring (bicyclic) bond motifs is 1. The van der Waals surface area contributed by atoms with Gasteiger partial charge in [-0.05, 0) is 44.0 Å². The van der Waals surface area contributed by atoms with Gasteiger partial charge in [-0.25, -0.2) is 4.79 Å². The van der Waals surface area contributed by atoms with E-state index in [0.29, 0.717) is 25.2 Å². The number of nitrogens with one attached hydrogen (secondary N) is 1. The molecule has 124 valence electrons. The molecule has 1 aromatic carbocycles. The van der Waals surface area contributed by atoms with Crippen molar-refractivity contribution in [3.05, 3.63) is 45.3 Å². The fraction of sp³-hybridized carbons (Fsp3) is 0.444. The SMILES string of the molecule is CCNC(=O)CN(CC)Cc1cc(=O)oc2c(C)c(C)ccc12. The van der Waals surface area contributed by atoms with Crippen molar-refractivity contribution in [2.75, 3.05) is 19.6 Å². The standard InChI is InChI=1S/C18H24N2O3/c1-5-19-16(21)11-20(6-2)10-14-9-17(22)23-18-13(4)12(3)7-8-15(14)18/h7-9H,5-6,10-11H2,1-4H3,(H,19,21). The van der Waals surface area contributed by atoms with Gasteiger partial charge >= 0.3 is 5.63 Å². The van der Waals surface area contributed by atoms with E-state index in [9.17, 15) is 9.59 Å². The molecule has 2 aromatic rings. The maximum Gasteiger partial charge on any atom is 0.336 e. The number of aryl methyl sites for hydroxylation is 2. The molecule has 0 saturated heterocycles. The molecule has 0 saturated carbocycles. The zero-order chi connectivity index (χ0) is 17.0. The summed E-state index contributed by atoms with van der Waals surface area (Å²) in [5, 5.41) is 3.73. The van der Waals surface area contributed by atoms with Gasteiger partial charge in [0.25, 0.3) is 0 Å². The Morgan fingerprint density at radius 1 is 1.26 bits per heavy atom. The lowest BCUT2D eigenvalue weighted by Crippen LogP contribution is -2.36. The predicted molar refractivity (Wildman–Crippen MR) is 91.6 cm³/mol. The van der Waals surface area contributed by atoms with E-state index in [4.69, 9.17) is 4.42 Å². The third-order valence-electron chi connectivity index (χ3n) is 4.10. The van der Waals surface area contributed by atoms with Crippen molar-refractivity contribution in [3.8, 4) is 0 Å². The van der Waals surface area contributed by atoms with Crippen LogP contribution < -0.4 is 10.9 Å². The molecule has 2 rings (SSSR count). The molecule has 0 aliphatic heterocycles. The Morgan fingerprint density at radius 2 is 2.00 bits per heavy atom. The monoisotopic (exact) mass is 316 g/mol. The van der Waals surface area contributed by atoms with Crippen LogP contribution in [-0.4, -0.2) is 30.4 Å². The van der Waals surface area contributed by atoms with Gasteiger partial charge < -0.3 is 9.73 Å². The second-order valence-electron chi connectivity index (χ2n) is 5.73. The normalized spacial score (nSPS) is 11.2. The average molecular weight is 316 g/mol. The number of benzene rings is 1. The molecule has 0 aliphatic rings. The summed E-state index contributed by atoms with van der Waals surface area (Å²) in [7, 11) is 0. The smallest absolute Gasteiger partial charge is 0.336 e. The molecule has 23 heavy (non-hydrogen) atoms. The summed E-state index contributed by atoms with van der Waals surface area (Å²) in [5.74, 6) is -0.00588. The van der Waals surface area contributed by atoms with Gasteiger partial charge in [-0.2, -0.15) is 0 Å². The van der Waals surface area contributed by atoms with Crippen LogP contribution in [0.15, 0.2) is 27.4 Å². The molecule has 1 N–H and O–H groups in total. The van der Waals surface area contributed by atoms with Crippen molar-refractivity contribution in [3.63, 3.8) is 0 Å². The van der Waals surface area contributed by atoms with Crippen LogP contribution in [0.5, 0.6) is 0 Å². The molecule has 0 fully saturated rings. The van der Waals surface area contributed by atoms with E-state index in [0.717, 1.165) is 28.6 Å². The van der Waals surface area contributed by atoms with E-state index in [-0.39, 0.29) is 11.5 Å². The molecule has 1 aromatic heterocycles. The van der Waals surface area contributed by atoms with Gasteiger partial charge in [0.15, 0.2) is 0 Å². The Hall–Kier alpha value is -2.14. The van der Waals surface area contributed by atoms with Gasteiger partial charge in [0.2, 0.25) is 5.91 Å². The molecule has 1 amide bonds. The second kappa shape index (κ2) is 7.42. The molecular formula is C18H24N2O3. The van der Waals surface area contributed by atoms with Crippen molar-refractivity contribution in [1.29, 1.82) is 0 Å². The van der Waals surface area contributed by atoms with E-state index < -0.39 is 0 Å². The highest BCUT2D eigenvalue weighted by Crippen LogP contribution is 2.24. The third kappa shape index (κ3) is 3.99. The van der Waals surface area contributed by atoms with Crippen molar-refractivity contribution in [2.24, 2.45) is 0 Å². The van der Waals surface area contributed by atoms with E-state index in [1.807, 2.05) is 44.7 Å². The highest BCUT2D eigenvalue weighted by atomic mass is 16.4. The van der Waals surface area contributed by atoms with Crippen LogP contribution in [0.2, 0.25) is 0 Å². The summed E-state index contributed by atoms with van der Waals surface area (Å²) in [4.78, 5) is 25.7. The van der Waals surface area contributed by atoms with Crippen LogP contribution in [0.1, 0.15) is 30.5 Å². The molecule has 0 spiro atoms. The Balaban J connectivity index is 2.37. The minimum Gasteiger partial charge on any atom is -0.422 e. The summed E-state index contributed by atoms with van der Waals surface area (Å²) in [6, 6.07) is 5.54. The maximum absolute atomic E-state index is 11.9. The van der Waals surface area contributed by atoms with Crippen molar-refractivity contribution >= 4 is 16.9 Å². The van der Waals surface area contributed by atoms with Crippen LogP contribution in [0.4, 0.5) is 0 Å². The Bertz CT molecular complexity index is 765. The molecule has 5 heteroatoms. The highest BCUT2D eigenvalue weighted by Gasteiger charge is 2.14. The molecule has 0 bridgehead atoms. The first-order valence-corrected chi connectivity index (χ1v) is 7.98. The predicted octanol–water partition coefficient (Wildman–Crippen LogP) is 2.37. The lowest BCUT2D eigenvalue weighted by Gasteiger charge is -2.20. The van der Waals surface area contributed by atoms with E-state index >= 15 is 0 Å². The Kier molecular flexibility index (Phi) is 5.55. The Labute approximate surface area is 136 Å². The summed E-state index contributed by atoms with van der Waals surface area (Å²) >= 11 is 0. The van der Waals surface area contributed by atoms with Gasteiger partial charge in [0, 0.05) is 24.5 Å². The topological polar surface area (TPSA) is 62.6 Å². The van der Waals surface area contributed by atoms with Crippen molar-refractivity contribution in [1.82, 2.24) is 10.2 Å². The van der Waals surface area contributed by atoms with Crippen LogP contribution in [0.3, 0.4) is 0 Å². The van der Waals surface area contributed by atoms with Gasteiger partial charge in [0.1, 0.15) is 5.58 Å². The minimum absolute atomic E-state index is 0.00588. The average Bonchev–Trinajstić information content (AvgIpc) is 2.50. The lowest BCUT2D eigenvalue weighted by atomic mass is 10.0. The summed E-state index contributed by atoms with van der Waals surface area (Å²) in [6.45, 7) is 10.1. The number of rotatable bonds is 6. The second-order valence-corrected chi connectivity index (χ2v) is 5.73. The largest absolute Gasteiger partial charge is 0.422 e. The van der Waals surface area contributed by atoms with E-state index in [1.54, 1.807) is 0 Å². The molecule has 1 heterocycles. The number of hydrogen-bond donors (Lipinski definition) is 1. The van der Waals surface area contributed by atoms with Crippen LogP contribution in [0, 0.1) is 13.8 Å². The van der Waals surface area contributed by atoms with Crippen LogP contribution in [0.25, 0.3) is 11.0 Å².